The van der Waals surface area contributed by atoms with Crippen LogP contribution in [0.25, 0.3) is 0 Å². The number of benzene rings is 2. The van der Waals surface area contributed by atoms with Crippen LogP contribution in [0.15, 0.2) is 54.6 Å². The molecule has 2 amide bonds. The van der Waals surface area contributed by atoms with Crippen molar-refractivity contribution in [3.05, 3.63) is 88.6 Å². The molecule has 6 nitrogen and oxygen atoms in total. The second kappa shape index (κ2) is 8.73. The first kappa shape index (κ1) is 21.2. The molecule has 2 aliphatic heterocycles. The van der Waals surface area contributed by atoms with E-state index in [1.54, 1.807) is 23.1 Å². The molecule has 1 saturated heterocycles. The van der Waals surface area contributed by atoms with E-state index >= 15 is 0 Å². The van der Waals surface area contributed by atoms with Crippen LogP contribution in [0.3, 0.4) is 0 Å². The van der Waals surface area contributed by atoms with Gasteiger partial charge in [-0.05, 0) is 43.5 Å². The number of rotatable bonds is 5. The van der Waals surface area contributed by atoms with E-state index in [1.807, 2.05) is 42.2 Å². The highest BCUT2D eigenvalue weighted by atomic mass is 19.1. The highest BCUT2D eigenvalue weighted by Gasteiger charge is 2.35. The van der Waals surface area contributed by atoms with Gasteiger partial charge in [0.25, 0.3) is 5.91 Å². The summed E-state index contributed by atoms with van der Waals surface area (Å²) in [6, 6.07) is 15.9. The molecule has 0 spiro atoms. The molecule has 3 heterocycles. The number of hydrogen-bond donors (Lipinski definition) is 0. The van der Waals surface area contributed by atoms with Crippen molar-refractivity contribution in [2.24, 2.45) is 0 Å². The number of aryl methyl sites for hydroxylation is 1. The van der Waals surface area contributed by atoms with Crippen molar-refractivity contribution >= 4 is 17.6 Å². The van der Waals surface area contributed by atoms with Crippen molar-refractivity contribution < 1.29 is 14.0 Å². The summed E-state index contributed by atoms with van der Waals surface area (Å²) in [4.78, 5) is 38.5. The van der Waals surface area contributed by atoms with Crippen LogP contribution in [-0.4, -0.2) is 46.3 Å². The number of carbonyl (C=O) groups excluding carboxylic acids is 2. The minimum absolute atomic E-state index is 0.0117. The molecule has 1 atom stereocenters. The van der Waals surface area contributed by atoms with Crippen LogP contribution in [0.5, 0.6) is 0 Å². The average Bonchev–Trinajstić information content (AvgIpc) is 3.44. The van der Waals surface area contributed by atoms with Crippen LogP contribution in [-0.2, 0) is 17.6 Å². The van der Waals surface area contributed by atoms with Gasteiger partial charge >= 0.3 is 0 Å². The number of likely N-dealkylation sites (tertiary alicyclic amines) is 1. The molecule has 0 saturated carbocycles. The number of hydrogen-bond acceptors (Lipinski definition) is 4. The SMILES string of the molecule is Cc1nc([C@H]2CCN(C(=O)c3ccccc3)C2)nc2c1CC(=O)N2CCc1ccccc1F. The van der Waals surface area contributed by atoms with Crippen molar-refractivity contribution in [1.29, 1.82) is 0 Å². The van der Waals surface area contributed by atoms with Gasteiger partial charge in [0.15, 0.2) is 0 Å². The summed E-state index contributed by atoms with van der Waals surface area (Å²) in [6.07, 6.45) is 1.46. The quantitative estimate of drug-likeness (QED) is 0.602. The lowest BCUT2D eigenvalue weighted by atomic mass is 10.1. The molecule has 3 aromatic rings. The number of aromatic nitrogens is 2. The summed E-state index contributed by atoms with van der Waals surface area (Å²) in [5, 5.41) is 0. The molecule has 1 aromatic heterocycles. The fourth-order valence-electron chi connectivity index (χ4n) is 4.66. The molecule has 7 heteroatoms. The third kappa shape index (κ3) is 4.11. The zero-order chi connectivity index (χ0) is 22.9. The van der Waals surface area contributed by atoms with Crippen LogP contribution >= 0.6 is 0 Å². The van der Waals surface area contributed by atoms with E-state index in [1.165, 1.54) is 6.07 Å². The van der Waals surface area contributed by atoms with Gasteiger partial charge < -0.3 is 4.90 Å². The molecule has 33 heavy (non-hydrogen) atoms. The van der Waals surface area contributed by atoms with E-state index in [0.29, 0.717) is 48.8 Å². The Hall–Kier alpha value is -3.61. The molecular weight excluding hydrogens is 419 g/mol. The summed E-state index contributed by atoms with van der Waals surface area (Å²) < 4.78 is 14.1. The van der Waals surface area contributed by atoms with Crippen molar-refractivity contribution in [1.82, 2.24) is 14.9 Å². The van der Waals surface area contributed by atoms with Crippen molar-refractivity contribution in [3.8, 4) is 0 Å². The van der Waals surface area contributed by atoms with Crippen LogP contribution in [0.2, 0.25) is 0 Å². The monoisotopic (exact) mass is 444 g/mol. The summed E-state index contributed by atoms with van der Waals surface area (Å²) >= 11 is 0. The lowest BCUT2D eigenvalue weighted by molar-refractivity contribution is -0.117. The van der Waals surface area contributed by atoms with Gasteiger partial charge in [0, 0.05) is 42.4 Å². The van der Waals surface area contributed by atoms with Gasteiger partial charge in [-0.2, -0.15) is 0 Å². The molecule has 2 aliphatic rings. The summed E-state index contributed by atoms with van der Waals surface area (Å²) in [7, 11) is 0. The van der Waals surface area contributed by atoms with Crippen LogP contribution in [0, 0.1) is 12.7 Å². The number of fused-ring (bicyclic) bond motifs is 1. The molecule has 2 aromatic carbocycles. The van der Waals surface area contributed by atoms with Gasteiger partial charge in [0.05, 0.1) is 6.42 Å². The smallest absolute Gasteiger partial charge is 0.253 e. The Kier molecular flexibility index (Phi) is 5.62. The fraction of sp³-hybridized carbons (Fsp3) is 0.308. The molecule has 1 fully saturated rings. The normalized spacial score (nSPS) is 17.5. The predicted octanol–water partition coefficient (Wildman–Crippen LogP) is 3.69. The minimum atomic E-state index is -0.266. The van der Waals surface area contributed by atoms with E-state index in [0.717, 1.165) is 17.7 Å². The molecule has 0 unspecified atom stereocenters. The third-order valence-corrected chi connectivity index (χ3v) is 6.52. The number of carbonyl (C=O) groups is 2. The average molecular weight is 445 g/mol. The Labute approximate surface area is 192 Å². The topological polar surface area (TPSA) is 66.4 Å². The van der Waals surface area contributed by atoms with Gasteiger partial charge in [-0.1, -0.05) is 36.4 Å². The predicted molar refractivity (Wildman–Crippen MR) is 123 cm³/mol. The van der Waals surface area contributed by atoms with Gasteiger partial charge in [-0.3, -0.25) is 14.5 Å². The Balaban J connectivity index is 1.35. The second-order valence-corrected chi connectivity index (χ2v) is 8.64. The first-order chi connectivity index (χ1) is 16.0. The molecule has 0 bridgehead atoms. The van der Waals surface area contributed by atoms with Gasteiger partial charge in [0.2, 0.25) is 5.91 Å². The number of nitrogens with zero attached hydrogens (tertiary/aromatic N) is 4. The van der Waals surface area contributed by atoms with Crippen molar-refractivity contribution in [2.75, 3.05) is 24.5 Å². The zero-order valence-electron chi connectivity index (χ0n) is 18.5. The van der Waals surface area contributed by atoms with E-state index in [4.69, 9.17) is 9.97 Å². The maximum absolute atomic E-state index is 14.1. The Morgan fingerprint density at radius 1 is 1.09 bits per heavy atom. The minimum Gasteiger partial charge on any atom is -0.338 e. The Morgan fingerprint density at radius 2 is 1.85 bits per heavy atom. The van der Waals surface area contributed by atoms with E-state index in [2.05, 4.69) is 0 Å². The Morgan fingerprint density at radius 3 is 2.64 bits per heavy atom. The van der Waals surface area contributed by atoms with Crippen LogP contribution in [0.1, 0.15) is 45.3 Å². The largest absolute Gasteiger partial charge is 0.338 e. The number of halogens is 1. The van der Waals surface area contributed by atoms with Crippen LogP contribution < -0.4 is 4.90 Å². The van der Waals surface area contributed by atoms with E-state index in [9.17, 15) is 14.0 Å². The molecule has 0 aliphatic carbocycles. The highest BCUT2D eigenvalue weighted by Crippen LogP contribution is 2.33. The van der Waals surface area contributed by atoms with Crippen molar-refractivity contribution in [3.63, 3.8) is 0 Å². The molecule has 168 valence electrons. The maximum Gasteiger partial charge on any atom is 0.253 e. The van der Waals surface area contributed by atoms with Crippen molar-refractivity contribution in [2.45, 2.75) is 32.1 Å². The second-order valence-electron chi connectivity index (χ2n) is 8.64. The van der Waals surface area contributed by atoms with E-state index < -0.39 is 0 Å². The highest BCUT2D eigenvalue weighted by molar-refractivity contribution is 6.00. The van der Waals surface area contributed by atoms with Gasteiger partial charge in [-0.25, -0.2) is 14.4 Å². The van der Waals surface area contributed by atoms with E-state index in [-0.39, 0.29) is 30.0 Å². The number of anilines is 1. The zero-order valence-corrected chi connectivity index (χ0v) is 18.5. The maximum atomic E-state index is 14.1. The summed E-state index contributed by atoms with van der Waals surface area (Å²) in [5.41, 5.74) is 2.89. The first-order valence-electron chi connectivity index (χ1n) is 11.3. The van der Waals surface area contributed by atoms with Gasteiger partial charge in [-0.15, -0.1) is 0 Å². The Bertz CT molecular complexity index is 1210. The summed E-state index contributed by atoms with van der Waals surface area (Å²) in [5.74, 6) is 1.02. The molecule has 0 N–H and O–H groups in total. The lowest BCUT2D eigenvalue weighted by Gasteiger charge is -2.19. The number of amides is 2. The van der Waals surface area contributed by atoms with Gasteiger partial charge in [0.1, 0.15) is 17.5 Å². The standard InChI is InChI=1S/C26H25FN4O2/c1-17-21-15-23(32)31(14-12-18-7-5-6-10-22(18)27)25(21)29-24(28-17)20-11-13-30(16-20)26(33)19-8-3-2-4-9-19/h2-10,20H,11-16H2,1H3/t20-/m0/s1. The summed E-state index contributed by atoms with van der Waals surface area (Å²) in [6.45, 7) is 3.47. The molecular formula is C26H25FN4O2. The lowest BCUT2D eigenvalue weighted by Crippen LogP contribution is -2.30. The molecule has 5 rings (SSSR count). The van der Waals surface area contributed by atoms with Crippen LogP contribution in [0.4, 0.5) is 10.2 Å². The first-order valence-corrected chi connectivity index (χ1v) is 11.3. The fourth-order valence-corrected chi connectivity index (χ4v) is 4.66. The third-order valence-electron chi connectivity index (χ3n) is 6.52. The molecule has 0 radical (unpaired) electrons.